The number of rotatable bonds is 0. The van der Waals surface area contributed by atoms with E-state index in [0.29, 0.717) is 0 Å². The third-order valence-corrected chi connectivity index (χ3v) is 0. The van der Waals surface area contributed by atoms with Crippen molar-refractivity contribution in [2.45, 2.75) is 0 Å². The topological polar surface area (TPSA) is 3.24 Å². The molecule has 0 saturated heterocycles. The van der Waals surface area contributed by atoms with Crippen molar-refractivity contribution in [3.05, 3.63) is 0 Å². The first-order valence-electron chi connectivity index (χ1n) is 1.34. The molecule has 0 spiro atoms. The zero-order chi connectivity index (χ0) is 3.58. The second-order valence-electron chi connectivity index (χ2n) is 1.34. The predicted octanol–water partition coefficient (Wildman–Crippen LogP) is 0.175. The van der Waals surface area contributed by atoms with Gasteiger partial charge in [-0.25, -0.2) is 0 Å². The van der Waals surface area contributed by atoms with Crippen molar-refractivity contribution >= 4 is 0 Å². The Kier molecular flexibility index (Phi) is 8.43. The zero-order valence-corrected chi connectivity index (χ0v) is 6.18. The molecule has 0 atom stereocenters. The molecule has 0 bridgehead atoms. The summed E-state index contributed by atoms with van der Waals surface area (Å²) in [4.78, 5) is 2.00. The quantitative estimate of drug-likeness (QED) is 0.593. The van der Waals surface area contributed by atoms with E-state index in [1.807, 2.05) is 26.0 Å². The monoisotopic (exact) mass is 252 g/mol. The van der Waals surface area contributed by atoms with Crippen LogP contribution in [0.2, 0.25) is 0 Å². The summed E-state index contributed by atoms with van der Waals surface area (Å²) in [6, 6.07) is 0. The Hall–Kier alpha value is 0.609. The Morgan fingerprint density at radius 1 is 1.00 bits per heavy atom. The van der Waals surface area contributed by atoms with Crippen molar-refractivity contribution in [1.29, 1.82) is 0 Å². The van der Waals surface area contributed by atoms with Gasteiger partial charge in [0.15, 0.2) is 0 Å². The molecule has 0 fully saturated rings. The molecule has 1 nitrogen and oxygen atoms in total. The minimum absolute atomic E-state index is 0. The van der Waals surface area contributed by atoms with E-state index in [-0.39, 0.29) is 20.1 Å². The minimum atomic E-state index is 0. The van der Waals surface area contributed by atoms with E-state index in [9.17, 15) is 0 Å². The molecule has 5 heavy (non-hydrogen) atoms. The van der Waals surface area contributed by atoms with E-state index in [4.69, 9.17) is 0 Å². The van der Waals surface area contributed by atoms with Crippen molar-refractivity contribution in [3.63, 3.8) is 0 Å². The Labute approximate surface area is 46.7 Å². The van der Waals surface area contributed by atoms with Crippen LogP contribution in [-0.2, 0) is 20.1 Å². The second kappa shape index (κ2) is 4.61. The predicted molar refractivity (Wildman–Crippen MR) is 19.6 cm³/mol. The fraction of sp³-hybridized carbons (Fsp3) is 1.00. The molecule has 0 aromatic heterocycles. The zero-order valence-electron chi connectivity index (χ0n) is 3.78. The molecular weight excluding hydrogens is 242 g/mol. The fourth-order valence-corrected chi connectivity index (χ4v) is 0. The second-order valence-corrected chi connectivity index (χ2v) is 1.34. The first kappa shape index (κ1) is 9.15. The van der Waals surface area contributed by atoms with E-state index in [1.54, 1.807) is 0 Å². The average molecular weight is 251 g/mol. The smallest absolute Gasteiger partial charge is 0 e. The molecule has 1 radical (unpaired) electrons. The minimum Gasteiger partial charge on any atom is -0.312 e. The van der Waals surface area contributed by atoms with Gasteiger partial charge in [-0.3, -0.25) is 0 Å². The van der Waals surface area contributed by atoms with Gasteiger partial charge < -0.3 is 4.90 Å². The molecule has 0 aromatic carbocycles. The third kappa shape index (κ3) is 84.5. The Bertz CT molecular complexity index is 11.6. The molecule has 0 aliphatic heterocycles. The van der Waals surface area contributed by atoms with Crippen LogP contribution in [0.15, 0.2) is 0 Å². The van der Waals surface area contributed by atoms with Crippen LogP contribution in [0.5, 0.6) is 0 Å². The Balaban J connectivity index is 0. The summed E-state index contributed by atoms with van der Waals surface area (Å²) in [7, 11) is 6.00. The maximum Gasteiger partial charge on any atom is 0 e. The SMILES string of the molecule is CN(C)C.[Ir]. The molecule has 0 amide bonds. The molecule has 0 aromatic rings. The molecule has 0 heterocycles. The van der Waals surface area contributed by atoms with Gasteiger partial charge in [-0.15, -0.1) is 0 Å². The standard InChI is InChI=1S/C3H9N.Ir/c1-4(2)3;/h1-3H3;. The number of hydrogen-bond donors (Lipinski definition) is 0. The van der Waals surface area contributed by atoms with Gasteiger partial charge in [0.1, 0.15) is 0 Å². The first-order valence-corrected chi connectivity index (χ1v) is 1.34. The van der Waals surface area contributed by atoms with Gasteiger partial charge >= 0.3 is 0 Å². The van der Waals surface area contributed by atoms with Crippen LogP contribution in [-0.4, -0.2) is 26.0 Å². The summed E-state index contributed by atoms with van der Waals surface area (Å²) in [5.74, 6) is 0. The summed E-state index contributed by atoms with van der Waals surface area (Å²) in [6.07, 6.45) is 0. The van der Waals surface area contributed by atoms with Crippen molar-refractivity contribution in [3.8, 4) is 0 Å². The van der Waals surface area contributed by atoms with E-state index in [2.05, 4.69) is 0 Å². The van der Waals surface area contributed by atoms with Gasteiger partial charge in [0.05, 0.1) is 0 Å². The van der Waals surface area contributed by atoms with Crippen LogP contribution in [0.25, 0.3) is 0 Å². The van der Waals surface area contributed by atoms with E-state index in [1.165, 1.54) is 0 Å². The van der Waals surface area contributed by atoms with Crippen molar-refractivity contribution in [2.75, 3.05) is 21.1 Å². The molecule has 0 aliphatic rings. The van der Waals surface area contributed by atoms with Crippen LogP contribution in [0, 0.1) is 0 Å². The van der Waals surface area contributed by atoms with Crippen molar-refractivity contribution in [1.82, 2.24) is 4.90 Å². The summed E-state index contributed by atoms with van der Waals surface area (Å²) in [5, 5.41) is 0. The van der Waals surface area contributed by atoms with Crippen LogP contribution < -0.4 is 0 Å². The van der Waals surface area contributed by atoms with Crippen molar-refractivity contribution in [2.24, 2.45) is 0 Å². The van der Waals surface area contributed by atoms with E-state index in [0.717, 1.165) is 0 Å². The normalized spacial score (nSPS) is 7.20. The molecular formula is C3H9IrN. The van der Waals surface area contributed by atoms with Crippen LogP contribution in [0.3, 0.4) is 0 Å². The largest absolute Gasteiger partial charge is 0.312 e. The molecule has 0 aliphatic carbocycles. The summed E-state index contributed by atoms with van der Waals surface area (Å²) >= 11 is 0. The molecule has 0 N–H and O–H groups in total. The van der Waals surface area contributed by atoms with E-state index >= 15 is 0 Å². The van der Waals surface area contributed by atoms with Gasteiger partial charge in [0.2, 0.25) is 0 Å². The Morgan fingerprint density at radius 3 is 1.00 bits per heavy atom. The Morgan fingerprint density at radius 2 is 1.00 bits per heavy atom. The molecule has 0 rings (SSSR count). The van der Waals surface area contributed by atoms with Crippen LogP contribution in [0.4, 0.5) is 0 Å². The fourth-order valence-electron chi connectivity index (χ4n) is 0. The first-order chi connectivity index (χ1) is 1.73. The number of hydrogen-bond acceptors (Lipinski definition) is 1. The van der Waals surface area contributed by atoms with Gasteiger partial charge in [0.25, 0.3) is 0 Å². The van der Waals surface area contributed by atoms with Crippen molar-refractivity contribution < 1.29 is 20.1 Å². The molecule has 2 heteroatoms. The molecule has 35 valence electrons. The van der Waals surface area contributed by atoms with E-state index < -0.39 is 0 Å². The molecule has 0 saturated carbocycles. The summed E-state index contributed by atoms with van der Waals surface area (Å²) < 4.78 is 0. The van der Waals surface area contributed by atoms with Gasteiger partial charge in [0, 0.05) is 20.1 Å². The van der Waals surface area contributed by atoms with Crippen LogP contribution >= 0.6 is 0 Å². The number of nitrogens with zero attached hydrogens (tertiary/aromatic N) is 1. The van der Waals surface area contributed by atoms with Gasteiger partial charge in [-0.05, 0) is 21.1 Å². The summed E-state index contributed by atoms with van der Waals surface area (Å²) in [5.41, 5.74) is 0. The van der Waals surface area contributed by atoms with Gasteiger partial charge in [-0.1, -0.05) is 0 Å². The maximum atomic E-state index is 2.00. The average Bonchev–Trinajstić information content (AvgIpc) is 0.811. The van der Waals surface area contributed by atoms with Crippen LogP contribution in [0.1, 0.15) is 0 Å². The van der Waals surface area contributed by atoms with Gasteiger partial charge in [-0.2, -0.15) is 0 Å². The summed E-state index contributed by atoms with van der Waals surface area (Å²) in [6.45, 7) is 0. The third-order valence-electron chi connectivity index (χ3n) is 0. The maximum absolute atomic E-state index is 2.00. The molecule has 0 unspecified atom stereocenters.